The first-order valence-electron chi connectivity index (χ1n) is 15.8. The number of hydrogen-bond acceptors (Lipinski definition) is 19. The standard InChI is InChI=1S/C26H40N7O19P3S/c1-13(25(39)40)8-16(35)56-7-6-28-15(34)4-5-29-23(38)20(37)26(2,3)10-49-55(46,47)52-54(44,45)48-9-14-19(51-53(41,42)43)18(36)24(50-14)33-12-32-17-21(27)30-11-31-22(17)33/h11-12,14,18-20,24,36-37H,1,4-10H2,2-3H3,(H,28,34)(H,29,38)(H,39,40)(H,44,45)(H,46,47)(H2,27,30,31)(H2,41,42,43)/t14-,18-,19-,20+,24-/m1/s1. The Kier molecular flexibility index (Phi) is 16.4. The van der Waals surface area contributed by atoms with Crippen molar-refractivity contribution < 1.29 is 90.4 Å². The van der Waals surface area contributed by atoms with Crippen LogP contribution in [-0.4, -0.2) is 134 Å². The van der Waals surface area contributed by atoms with Gasteiger partial charge in [0.2, 0.25) is 11.8 Å². The first-order chi connectivity index (χ1) is 25.8. The van der Waals surface area contributed by atoms with Crippen molar-refractivity contribution in [1.82, 2.24) is 30.2 Å². The number of nitrogen functional groups attached to an aromatic ring is 1. The molecule has 0 saturated carbocycles. The maximum absolute atomic E-state index is 12.7. The number of aromatic nitrogens is 4. The molecule has 7 atom stereocenters. The fourth-order valence-electron chi connectivity index (χ4n) is 4.60. The number of nitrogens with two attached hydrogens (primary N) is 1. The normalized spacial score (nSPS) is 21.5. The Morgan fingerprint density at radius 1 is 1.07 bits per heavy atom. The predicted octanol–water partition coefficient (Wildman–Crippen LogP) is -1.30. The van der Waals surface area contributed by atoms with Crippen LogP contribution in [0.25, 0.3) is 11.2 Å². The summed E-state index contributed by atoms with van der Waals surface area (Å²) in [6.45, 7) is 3.40. The average molecular weight is 880 g/mol. The van der Waals surface area contributed by atoms with Gasteiger partial charge in [-0.3, -0.25) is 32.5 Å². The number of fused-ring (bicyclic) bond motifs is 1. The zero-order valence-electron chi connectivity index (χ0n) is 29.3. The first-order valence-corrected chi connectivity index (χ1v) is 21.3. The van der Waals surface area contributed by atoms with Gasteiger partial charge in [-0.1, -0.05) is 32.2 Å². The summed E-state index contributed by atoms with van der Waals surface area (Å²) in [6.07, 6.45) is -7.49. The fourth-order valence-corrected chi connectivity index (χ4v) is 8.13. The van der Waals surface area contributed by atoms with Crippen LogP contribution in [0.15, 0.2) is 24.8 Å². The zero-order valence-corrected chi connectivity index (χ0v) is 32.8. The fraction of sp³-hybridized carbons (Fsp3) is 0.577. The monoisotopic (exact) mass is 879 g/mol. The summed E-state index contributed by atoms with van der Waals surface area (Å²) in [5.74, 6) is -2.78. The lowest BCUT2D eigenvalue weighted by molar-refractivity contribution is -0.137. The van der Waals surface area contributed by atoms with Gasteiger partial charge < -0.3 is 56.0 Å². The van der Waals surface area contributed by atoms with Crippen LogP contribution in [0.3, 0.4) is 0 Å². The van der Waals surface area contributed by atoms with E-state index < -0.39 is 95.6 Å². The van der Waals surface area contributed by atoms with E-state index in [1.54, 1.807) is 0 Å². The quantitative estimate of drug-likeness (QED) is 0.0373. The van der Waals surface area contributed by atoms with Gasteiger partial charge in [0.25, 0.3) is 0 Å². The van der Waals surface area contributed by atoms with Crippen LogP contribution in [0.1, 0.15) is 32.9 Å². The van der Waals surface area contributed by atoms with Crippen molar-refractivity contribution in [2.24, 2.45) is 5.41 Å². The molecule has 0 bridgehead atoms. The molecule has 1 fully saturated rings. The Morgan fingerprint density at radius 2 is 1.73 bits per heavy atom. The molecule has 0 radical (unpaired) electrons. The molecule has 30 heteroatoms. The molecule has 2 unspecified atom stereocenters. The number of carboxylic acid groups (broad SMARTS) is 1. The second-order valence-electron chi connectivity index (χ2n) is 12.4. The maximum atomic E-state index is 12.7. The number of nitrogens with one attached hydrogen (secondary N) is 2. The molecule has 1 aliphatic heterocycles. The largest absolute Gasteiger partial charge is 0.481 e. The summed E-state index contributed by atoms with van der Waals surface area (Å²) in [6, 6.07) is 0. The van der Waals surface area contributed by atoms with Crippen molar-refractivity contribution in [3.63, 3.8) is 0 Å². The number of carbonyl (C=O) groups excluding carboxylic acids is 3. The van der Waals surface area contributed by atoms with E-state index in [1.165, 1.54) is 13.8 Å². The van der Waals surface area contributed by atoms with Crippen molar-refractivity contribution in [2.75, 3.05) is 37.8 Å². The summed E-state index contributed by atoms with van der Waals surface area (Å²) in [5.41, 5.74) is 3.91. The first kappa shape index (κ1) is 47.1. The number of rotatable bonds is 22. The van der Waals surface area contributed by atoms with Gasteiger partial charge in [-0.25, -0.2) is 33.4 Å². The number of carbonyl (C=O) groups is 4. The minimum atomic E-state index is -5.59. The number of amides is 2. The molecule has 314 valence electrons. The van der Waals surface area contributed by atoms with Gasteiger partial charge in [0.05, 0.1) is 19.5 Å². The molecule has 3 heterocycles. The van der Waals surface area contributed by atoms with Crippen LogP contribution in [0, 0.1) is 5.41 Å². The Hall–Kier alpha value is -3.23. The second-order valence-corrected chi connectivity index (χ2v) is 17.8. The molecular formula is C26H40N7O19P3S. The van der Waals surface area contributed by atoms with Gasteiger partial charge in [-0.2, -0.15) is 4.31 Å². The third-order valence-corrected chi connectivity index (χ3v) is 11.4. The van der Waals surface area contributed by atoms with Gasteiger partial charge in [-0.15, -0.1) is 0 Å². The molecule has 2 aromatic rings. The van der Waals surface area contributed by atoms with E-state index in [1.807, 2.05) is 0 Å². The molecule has 1 saturated heterocycles. The SMILES string of the molecule is C=C(CC(=O)SCCNC(=O)CCNC(=O)[C@H](O)C(C)(C)COP(=O)(O)OP(=O)(O)OC[C@H]1O[C@@H](n2cnc3c(N)ncnc32)[C@H](O)[C@@H]1OP(=O)(O)O)C(=O)O. The van der Waals surface area contributed by atoms with Crippen LogP contribution in [0.2, 0.25) is 0 Å². The third kappa shape index (κ3) is 14.0. The van der Waals surface area contributed by atoms with Crippen LogP contribution in [0.4, 0.5) is 5.82 Å². The minimum Gasteiger partial charge on any atom is -0.478 e. The molecule has 26 nitrogen and oxygen atoms in total. The highest BCUT2D eigenvalue weighted by atomic mass is 32.2. The van der Waals surface area contributed by atoms with Crippen molar-refractivity contribution >= 4 is 75.1 Å². The average Bonchev–Trinajstić information content (AvgIpc) is 3.64. The molecule has 2 amide bonds. The number of aliphatic hydroxyl groups is 2. The summed E-state index contributed by atoms with van der Waals surface area (Å²) < 4.78 is 61.9. The smallest absolute Gasteiger partial charge is 0.478 e. The number of aliphatic carboxylic acids is 1. The lowest BCUT2D eigenvalue weighted by Gasteiger charge is -2.30. The van der Waals surface area contributed by atoms with Crippen LogP contribution >= 0.6 is 35.2 Å². The number of imidazole rings is 1. The molecule has 0 spiro atoms. The Morgan fingerprint density at radius 3 is 2.38 bits per heavy atom. The third-order valence-electron chi connectivity index (χ3n) is 7.43. The molecule has 0 aromatic carbocycles. The number of anilines is 1. The molecule has 3 rings (SSSR count). The molecule has 1 aliphatic rings. The van der Waals surface area contributed by atoms with Crippen molar-refractivity contribution in [2.45, 2.75) is 57.3 Å². The van der Waals surface area contributed by atoms with E-state index in [2.05, 4.69) is 41.0 Å². The molecule has 2 aromatic heterocycles. The Balaban J connectivity index is 1.49. The zero-order chi connectivity index (χ0) is 42.2. The predicted molar refractivity (Wildman–Crippen MR) is 188 cm³/mol. The highest BCUT2D eigenvalue weighted by molar-refractivity contribution is 8.13. The topological polar surface area (TPSA) is 401 Å². The number of hydrogen-bond donors (Lipinski definition) is 10. The molecule has 0 aliphatic carbocycles. The van der Waals surface area contributed by atoms with Gasteiger partial charge >= 0.3 is 29.4 Å². The number of thioether (sulfide) groups is 1. The van der Waals surface area contributed by atoms with E-state index in [0.29, 0.717) is 0 Å². The van der Waals surface area contributed by atoms with Crippen LogP contribution < -0.4 is 16.4 Å². The second kappa shape index (κ2) is 19.5. The summed E-state index contributed by atoms with van der Waals surface area (Å²) >= 11 is 0.792. The summed E-state index contributed by atoms with van der Waals surface area (Å²) in [7, 11) is -16.5. The number of carboxylic acids is 1. The summed E-state index contributed by atoms with van der Waals surface area (Å²) in [4.78, 5) is 97.8. The maximum Gasteiger partial charge on any atom is 0.481 e. The summed E-state index contributed by atoms with van der Waals surface area (Å²) in [5, 5.41) is 34.4. The molecule has 11 N–H and O–H groups in total. The minimum absolute atomic E-state index is 0.0176. The highest BCUT2D eigenvalue weighted by Gasteiger charge is 2.50. The molecular weight excluding hydrogens is 839 g/mol. The van der Waals surface area contributed by atoms with E-state index >= 15 is 0 Å². The van der Waals surface area contributed by atoms with Gasteiger partial charge in [0.15, 0.2) is 22.8 Å². The van der Waals surface area contributed by atoms with E-state index in [0.717, 1.165) is 29.0 Å². The molecule has 56 heavy (non-hydrogen) atoms. The van der Waals surface area contributed by atoms with Crippen molar-refractivity contribution in [3.05, 3.63) is 24.8 Å². The lowest BCUT2D eigenvalue weighted by atomic mass is 9.87. The van der Waals surface area contributed by atoms with Crippen LogP contribution in [0.5, 0.6) is 0 Å². The van der Waals surface area contributed by atoms with Crippen LogP contribution in [-0.2, 0) is 55.5 Å². The number of aliphatic hydroxyl groups excluding tert-OH is 2. The van der Waals surface area contributed by atoms with Gasteiger partial charge in [-0.05, 0) is 0 Å². The van der Waals surface area contributed by atoms with E-state index in [4.69, 9.17) is 24.6 Å². The number of ether oxygens (including phenoxy) is 1. The van der Waals surface area contributed by atoms with Crippen molar-refractivity contribution in [1.29, 1.82) is 0 Å². The Labute approximate surface area is 320 Å². The number of phosphoric acid groups is 3. The van der Waals surface area contributed by atoms with Crippen molar-refractivity contribution in [3.8, 4) is 0 Å². The van der Waals surface area contributed by atoms with Gasteiger partial charge in [0.1, 0.15) is 36.3 Å². The van der Waals surface area contributed by atoms with E-state index in [-0.39, 0.29) is 54.2 Å². The lowest BCUT2D eigenvalue weighted by Crippen LogP contribution is -2.46. The number of nitrogens with zero attached hydrogens (tertiary/aromatic N) is 4. The Bertz CT molecular complexity index is 1930. The van der Waals surface area contributed by atoms with E-state index in [9.17, 15) is 62.7 Å². The number of phosphoric ester groups is 3. The van der Waals surface area contributed by atoms with Gasteiger partial charge in [0, 0.05) is 42.7 Å². The highest BCUT2D eigenvalue weighted by Crippen LogP contribution is 2.61.